The highest BCUT2D eigenvalue weighted by Gasteiger charge is 2.10. The fourth-order valence-electron chi connectivity index (χ4n) is 2.44. The fourth-order valence-corrected chi connectivity index (χ4v) is 2.88. The second-order valence-electron chi connectivity index (χ2n) is 5.28. The third-order valence-corrected chi connectivity index (χ3v) is 4.35. The van der Waals surface area contributed by atoms with Gasteiger partial charge in [0.1, 0.15) is 5.82 Å². The number of nitrogen functional groups attached to an aromatic ring is 1. The van der Waals surface area contributed by atoms with E-state index in [0.29, 0.717) is 10.8 Å². The van der Waals surface area contributed by atoms with Gasteiger partial charge in [0.05, 0.1) is 5.69 Å². The molecule has 3 aromatic rings. The molecule has 0 saturated carbocycles. The molecule has 0 radical (unpaired) electrons. The first-order chi connectivity index (χ1) is 11.5. The van der Waals surface area contributed by atoms with Crippen LogP contribution in [-0.4, -0.2) is 9.97 Å². The van der Waals surface area contributed by atoms with Crippen LogP contribution in [0.4, 0.5) is 17.5 Å². The van der Waals surface area contributed by atoms with Gasteiger partial charge in [-0.1, -0.05) is 40.5 Å². The molecule has 1 aromatic heterocycles. The third-order valence-electron chi connectivity index (χ3n) is 3.59. The molecule has 0 aliphatic carbocycles. The van der Waals surface area contributed by atoms with Gasteiger partial charge in [-0.05, 0) is 48.4 Å². The Morgan fingerprint density at radius 1 is 1.08 bits per heavy atom. The zero-order chi connectivity index (χ0) is 17.1. The maximum Gasteiger partial charge on any atom is 0.222 e. The highest BCUT2D eigenvalue weighted by atomic mass is 79.9. The molecule has 0 bridgehead atoms. The van der Waals surface area contributed by atoms with Crippen molar-refractivity contribution in [3.63, 3.8) is 0 Å². The van der Waals surface area contributed by atoms with Crippen molar-refractivity contribution in [2.75, 3.05) is 11.1 Å². The van der Waals surface area contributed by atoms with Crippen LogP contribution in [0.2, 0.25) is 5.02 Å². The maximum absolute atomic E-state index is 6.15. The van der Waals surface area contributed by atoms with Gasteiger partial charge < -0.3 is 11.1 Å². The highest BCUT2D eigenvalue weighted by Crippen LogP contribution is 2.29. The average Bonchev–Trinajstić information content (AvgIpc) is 2.56. The van der Waals surface area contributed by atoms with Crippen LogP contribution in [0.3, 0.4) is 0 Å². The predicted molar refractivity (Wildman–Crippen MR) is 104 cm³/mol. The van der Waals surface area contributed by atoms with Gasteiger partial charge in [-0.15, -0.1) is 0 Å². The molecule has 3 rings (SSSR count). The van der Waals surface area contributed by atoms with Crippen molar-refractivity contribution in [1.29, 1.82) is 0 Å². The Labute approximate surface area is 154 Å². The number of nitrogens with zero attached hydrogens (tertiary/aromatic N) is 2. The van der Waals surface area contributed by atoms with Crippen molar-refractivity contribution in [2.45, 2.75) is 13.3 Å². The number of aromatic nitrogens is 2. The largest absolute Gasteiger partial charge is 0.368 e. The molecule has 0 aliphatic heterocycles. The quantitative estimate of drug-likeness (QED) is 0.608. The fraction of sp³-hybridized carbons (Fsp3) is 0.111. The number of hydrogen-bond donors (Lipinski definition) is 2. The van der Waals surface area contributed by atoms with Gasteiger partial charge in [0, 0.05) is 26.8 Å². The van der Waals surface area contributed by atoms with Crippen LogP contribution < -0.4 is 11.1 Å². The Morgan fingerprint density at radius 3 is 2.54 bits per heavy atom. The Kier molecular flexibility index (Phi) is 5.02. The van der Waals surface area contributed by atoms with E-state index >= 15 is 0 Å². The first-order valence-corrected chi connectivity index (χ1v) is 8.68. The normalized spacial score (nSPS) is 10.6. The molecule has 0 aliphatic rings. The summed E-state index contributed by atoms with van der Waals surface area (Å²) < 4.78 is 1.02. The molecular formula is C18H16BrClN4. The smallest absolute Gasteiger partial charge is 0.222 e. The van der Waals surface area contributed by atoms with Gasteiger partial charge in [0.2, 0.25) is 5.95 Å². The van der Waals surface area contributed by atoms with Crippen molar-refractivity contribution in [1.82, 2.24) is 9.97 Å². The van der Waals surface area contributed by atoms with Crippen molar-refractivity contribution in [3.8, 4) is 11.3 Å². The summed E-state index contributed by atoms with van der Waals surface area (Å²) in [7, 11) is 0. The SMILES string of the molecule is CCc1ccc(Cl)cc1-c1cc(Nc2ccc(Br)cc2)nc(N)n1. The minimum Gasteiger partial charge on any atom is -0.368 e. The van der Waals surface area contributed by atoms with E-state index in [1.807, 2.05) is 48.5 Å². The van der Waals surface area contributed by atoms with Crippen LogP contribution in [0.5, 0.6) is 0 Å². The number of aryl methyl sites for hydroxylation is 1. The van der Waals surface area contributed by atoms with Crippen molar-refractivity contribution in [2.24, 2.45) is 0 Å². The molecular weight excluding hydrogens is 388 g/mol. The molecule has 0 amide bonds. The first-order valence-electron chi connectivity index (χ1n) is 7.51. The second kappa shape index (κ2) is 7.20. The van der Waals surface area contributed by atoms with E-state index < -0.39 is 0 Å². The minimum atomic E-state index is 0.217. The Morgan fingerprint density at radius 2 is 1.83 bits per heavy atom. The predicted octanol–water partition coefficient (Wildman–Crippen LogP) is 5.45. The molecule has 0 spiro atoms. The van der Waals surface area contributed by atoms with Gasteiger partial charge in [-0.3, -0.25) is 0 Å². The number of anilines is 3. The molecule has 0 unspecified atom stereocenters. The van der Waals surface area contributed by atoms with E-state index in [9.17, 15) is 0 Å². The van der Waals surface area contributed by atoms with Crippen LogP contribution in [0.25, 0.3) is 11.3 Å². The van der Waals surface area contributed by atoms with E-state index in [2.05, 4.69) is 38.1 Å². The Bertz CT molecular complexity index is 865. The van der Waals surface area contributed by atoms with Crippen molar-refractivity contribution in [3.05, 3.63) is 63.6 Å². The summed E-state index contributed by atoms with van der Waals surface area (Å²) in [5, 5.41) is 3.92. The number of nitrogens with two attached hydrogens (primary N) is 1. The van der Waals surface area contributed by atoms with Crippen LogP contribution in [0, 0.1) is 0 Å². The van der Waals surface area contributed by atoms with Crippen molar-refractivity contribution < 1.29 is 0 Å². The summed E-state index contributed by atoms with van der Waals surface area (Å²) in [4.78, 5) is 8.64. The van der Waals surface area contributed by atoms with Gasteiger partial charge in [0.25, 0.3) is 0 Å². The lowest BCUT2D eigenvalue weighted by atomic mass is 10.0. The zero-order valence-electron chi connectivity index (χ0n) is 13.1. The van der Waals surface area contributed by atoms with Crippen LogP contribution >= 0.6 is 27.5 Å². The Hall–Kier alpha value is -2.11. The molecule has 0 atom stereocenters. The lowest BCUT2D eigenvalue weighted by Gasteiger charge is -2.11. The van der Waals surface area contributed by atoms with Gasteiger partial charge >= 0.3 is 0 Å². The number of rotatable bonds is 4. The Balaban J connectivity index is 2.00. The van der Waals surface area contributed by atoms with E-state index in [0.717, 1.165) is 33.4 Å². The topological polar surface area (TPSA) is 63.8 Å². The lowest BCUT2D eigenvalue weighted by Crippen LogP contribution is -2.02. The van der Waals surface area contributed by atoms with Gasteiger partial charge in [-0.2, -0.15) is 4.98 Å². The standard InChI is InChI=1S/C18H16BrClN4/c1-2-11-3-6-13(20)9-15(11)16-10-17(24-18(21)23-16)22-14-7-4-12(19)5-8-14/h3-10H,2H2,1H3,(H3,21,22,23,24). The van der Waals surface area contributed by atoms with E-state index in [1.54, 1.807) is 0 Å². The molecule has 1 heterocycles. The molecule has 0 fully saturated rings. The lowest BCUT2D eigenvalue weighted by molar-refractivity contribution is 1.12. The van der Waals surface area contributed by atoms with E-state index in [1.165, 1.54) is 0 Å². The van der Waals surface area contributed by atoms with Gasteiger partial charge in [0.15, 0.2) is 0 Å². The van der Waals surface area contributed by atoms with Crippen LogP contribution in [0.15, 0.2) is 53.0 Å². The van der Waals surface area contributed by atoms with Crippen LogP contribution in [0.1, 0.15) is 12.5 Å². The summed E-state index contributed by atoms with van der Waals surface area (Å²) in [5.41, 5.74) is 9.70. The third kappa shape index (κ3) is 3.86. The summed E-state index contributed by atoms with van der Waals surface area (Å²) >= 11 is 9.57. The number of hydrogen-bond acceptors (Lipinski definition) is 4. The molecule has 122 valence electrons. The van der Waals surface area contributed by atoms with E-state index in [4.69, 9.17) is 17.3 Å². The van der Waals surface area contributed by atoms with E-state index in [-0.39, 0.29) is 5.95 Å². The zero-order valence-corrected chi connectivity index (χ0v) is 15.4. The molecule has 2 aromatic carbocycles. The second-order valence-corrected chi connectivity index (χ2v) is 6.64. The number of benzene rings is 2. The first kappa shape index (κ1) is 16.7. The summed E-state index contributed by atoms with van der Waals surface area (Å²) in [6.45, 7) is 2.10. The molecule has 24 heavy (non-hydrogen) atoms. The molecule has 4 nitrogen and oxygen atoms in total. The number of nitrogens with one attached hydrogen (secondary N) is 1. The van der Waals surface area contributed by atoms with Crippen molar-refractivity contribution >= 4 is 45.0 Å². The van der Waals surface area contributed by atoms with Crippen LogP contribution in [-0.2, 0) is 6.42 Å². The summed E-state index contributed by atoms with van der Waals surface area (Å²) in [6, 6.07) is 15.5. The molecule has 0 saturated heterocycles. The number of halogens is 2. The average molecular weight is 404 g/mol. The summed E-state index contributed by atoms with van der Waals surface area (Å²) in [6.07, 6.45) is 0.881. The highest BCUT2D eigenvalue weighted by molar-refractivity contribution is 9.10. The monoisotopic (exact) mass is 402 g/mol. The summed E-state index contributed by atoms with van der Waals surface area (Å²) in [5.74, 6) is 0.857. The molecule has 6 heteroatoms. The maximum atomic E-state index is 6.15. The van der Waals surface area contributed by atoms with Gasteiger partial charge in [-0.25, -0.2) is 4.98 Å². The molecule has 3 N–H and O–H groups in total. The minimum absolute atomic E-state index is 0.217.